The number of benzene rings is 2. The summed E-state index contributed by atoms with van der Waals surface area (Å²) in [5, 5.41) is 7.60. The predicted octanol–water partition coefficient (Wildman–Crippen LogP) is 4.13. The van der Waals surface area contributed by atoms with Crippen molar-refractivity contribution in [1.29, 1.82) is 0 Å². The minimum absolute atomic E-state index is 0.237. The molecule has 1 amide bonds. The van der Waals surface area contributed by atoms with E-state index in [1.807, 2.05) is 30.7 Å². The average Bonchev–Trinajstić information content (AvgIpc) is 2.96. The smallest absolute Gasteiger partial charge is 0.256 e. The maximum Gasteiger partial charge on any atom is 0.256 e. The van der Waals surface area contributed by atoms with Crippen LogP contribution in [-0.2, 0) is 6.54 Å². The van der Waals surface area contributed by atoms with Gasteiger partial charge >= 0.3 is 0 Å². The van der Waals surface area contributed by atoms with E-state index >= 15 is 0 Å². The lowest BCUT2D eigenvalue weighted by molar-refractivity contribution is 0.102. The summed E-state index contributed by atoms with van der Waals surface area (Å²) in [6.45, 7) is 6.59. The number of nitrogens with one attached hydrogen (secondary N) is 1. The van der Waals surface area contributed by atoms with Gasteiger partial charge in [0, 0.05) is 11.6 Å². The molecule has 6 heteroatoms. The number of anilines is 1. The molecule has 3 rings (SSSR count). The molecule has 1 N–H and O–H groups in total. The van der Waals surface area contributed by atoms with Gasteiger partial charge in [-0.05, 0) is 44.0 Å². The number of aromatic nitrogens is 2. The summed E-state index contributed by atoms with van der Waals surface area (Å²) in [6.07, 6.45) is 0. The molecule has 0 unspecified atom stereocenters. The van der Waals surface area contributed by atoms with Crippen LogP contribution in [0.3, 0.4) is 0 Å². The highest BCUT2D eigenvalue weighted by atomic mass is 16.5. The second-order valence-electron chi connectivity index (χ2n) is 6.69. The quantitative estimate of drug-likeness (QED) is 0.699. The molecule has 0 aliphatic heterocycles. The van der Waals surface area contributed by atoms with Crippen LogP contribution >= 0.6 is 0 Å². The number of aryl methyl sites for hydroxylation is 2. The Hall–Kier alpha value is -3.28. The van der Waals surface area contributed by atoms with E-state index in [0.29, 0.717) is 23.6 Å². The Kier molecular flexibility index (Phi) is 5.68. The monoisotopic (exact) mass is 379 g/mol. The van der Waals surface area contributed by atoms with Crippen molar-refractivity contribution in [1.82, 2.24) is 9.78 Å². The lowest BCUT2D eigenvalue weighted by Gasteiger charge is -2.10. The lowest BCUT2D eigenvalue weighted by Crippen LogP contribution is -2.14. The Labute approximate surface area is 165 Å². The predicted molar refractivity (Wildman–Crippen MR) is 109 cm³/mol. The van der Waals surface area contributed by atoms with Gasteiger partial charge < -0.3 is 14.8 Å². The third-order valence-corrected chi connectivity index (χ3v) is 4.82. The average molecular weight is 379 g/mol. The normalized spacial score (nSPS) is 10.6. The molecule has 0 atom stereocenters. The summed E-state index contributed by atoms with van der Waals surface area (Å²) in [5.74, 6) is 0.889. The highest BCUT2D eigenvalue weighted by molar-refractivity contribution is 6.05. The van der Waals surface area contributed by atoms with Crippen molar-refractivity contribution in [3.8, 4) is 11.5 Å². The molecule has 6 nitrogen and oxygen atoms in total. The van der Waals surface area contributed by atoms with E-state index in [9.17, 15) is 4.79 Å². The van der Waals surface area contributed by atoms with Crippen molar-refractivity contribution in [2.75, 3.05) is 19.5 Å². The van der Waals surface area contributed by atoms with Gasteiger partial charge in [-0.2, -0.15) is 5.10 Å². The van der Waals surface area contributed by atoms with E-state index < -0.39 is 0 Å². The van der Waals surface area contributed by atoms with E-state index in [0.717, 1.165) is 17.1 Å². The Morgan fingerprint density at radius 3 is 2.29 bits per heavy atom. The SMILES string of the molecule is COc1cc(OC)cc(C(=O)Nc2c(C)nn(Cc3ccccc3C)c2C)c1. The Balaban J connectivity index is 1.86. The fraction of sp³-hybridized carbons (Fsp3) is 0.273. The zero-order valence-electron chi connectivity index (χ0n) is 16.9. The fourth-order valence-corrected chi connectivity index (χ4v) is 3.10. The summed E-state index contributed by atoms with van der Waals surface area (Å²) < 4.78 is 12.4. The number of hydrogen-bond acceptors (Lipinski definition) is 4. The summed E-state index contributed by atoms with van der Waals surface area (Å²) >= 11 is 0. The number of hydrogen-bond donors (Lipinski definition) is 1. The summed E-state index contributed by atoms with van der Waals surface area (Å²) in [7, 11) is 3.11. The molecule has 1 aromatic heterocycles. The van der Waals surface area contributed by atoms with Gasteiger partial charge in [0.15, 0.2) is 0 Å². The van der Waals surface area contributed by atoms with Crippen LogP contribution in [0.5, 0.6) is 11.5 Å². The Morgan fingerprint density at radius 2 is 1.68 bits per heavy atom. The summed E-state index contributed by atoms with van der Waals surface area (Å²) in [4.78, 5) is 12.8. The van der Waals surface area contributed by atoms with Gasteiger partial charge in [0.1, 0.15) is 11.5 Å². The Bertz CT molecular complexity index is 986. The van der Waals surface area contributed by atoms with Crippen molar-refractivity contribution in [3.05, 3.63) is 70.5 Å². The third kappa shape index (κ3) is 4.01. The van der Waals surface area contributed by atoms with Gasteiger partial charge in [0.25, 0.3) is 5.91 Å². The first-order chi connectivity index (χ1) is 13.4. The standard InChI is InChI=1S/C22H25N3O3/c1-14-8-6-7-9-17(14)13-25-16(3)21(15(2)24-25)23-22(26)18-10-19(27-4)12-20(11-18)28-5/h6-12H,13H2,1-5H3,(H,23,26). The molecule has 1 heterocycles. The minimum atomic E-state index is -0.237. The first-order valence-corrected chi connectivity index (χ1v) is 9.06. The number of amides is 1. The summed E-state index contributed by atoms with van der Waals surface area (Å²) in [6, 6.07) is 13.3. The van der Waals surface area contributed by atoms with Crippen LogP contribution < -0.4 is 14.8 Å². The van der Waals surface area contributed by atoms with Crippen LogP contribution in [0.2, 0.25) is 0 Å². The number of carbonyl (C=O) groups excluding carboxylic acids is 1. The van der Waals surface area contributed by atoms with Crippen LogP contribution in [0.15, 0.2) is 42.5 Å². The van der Waals surface area contributed by atoms with Gasteiger partial charge in [-0.1, -0.05) is 24.3 Å². The number of rotatable bonds is 6. The van der Waals surface area contributed by atoms with E-state index in [-0.39, 0.29) is 5.91 Å². The molecule has 0 fully saturated rings. The highest BCUT2D eigenvalue weighted by Crippen LogP contribution is 2.25. The van der Waals surface area contributed by atoms with Gasteiger partial charge in [-0.25, -0.2) is 0 Å². The van der Waals surface area contributed by atoms with Crippen molar-refractivity contribution in [2.24, 2.45) is 0 Å². The molecule has 0 radical (unpaired) electrons. The fourth-order valence-electron chi connectivity index (χ4n) is 3.10. The highest BCUT2D eigenvalue weighted by Gasteiger charge is 2.17. The zero-order valence-corrected chi connectivity index (χ0v) is 16.9. The molecule has 0 aliphatic rings. The molecule has 0 aliphatic carbocycles. The molecule has 0 saturated heterocycles. The zero-order chi connectivity index (χ0) is 20.3. The van der Waals surface area contributed by atoms with Crippen LogP contribution in [0.25, 0.3) is 0 Å². The van der Waals surface area contributed by atoms with E-state index in [2.05, 4.69) is 29.5 Å². The minimum Gasteiger partial charge on any atom is -0.497 e. The molecule has 28 heavy (non-hydrogen) atoms. The molecule has 3 aromatic rings. The van der Waals surface area contributed by atoms with Gasteiger partial charge in [0.2, 0.25) is 0 Å². The van der Waals surface area contributed by atoms with Crippen molar-refractivity contribution >= 4 is 11.6 Å². The first-order valence-electron chi connectivity index (χ1n) is 9.06. The summed E-state index contributed by atoms with van der Waals surface area (Å²) in [5.41, 5.74) is 5.27. The second kappa shape index (κ2) is 8.17. The lowest BCUT2D eigenvalue weighted by atomic mass is 10.1. The second-order valence-corrected chi connectivity index (χ2v) is 6.69. The topological polar surface area (TPSA) is 65.4 Å². The molecule has 0 spiro atoms. The van der Waals surface area contributed by atoms with Gasteiger partial charge in [-0.3, -0.25) is 9.48 Å². The molecule has 0 saturated carbocycles. The third-order valence-electron chi connectivity index (χ3n) is 4.82. The number of nitrogens with zero attached hydrogens (tertiary/aromatic N) is 2. The largest absolute Gasteiger partial charge is 0.497 e. The van der Waals surface area contributed by atoms with Crippen LogP contribution in [0, 0.1) is 20.8 Å². The van der Waals surface area contributed by atoms with Gasteiger partial charge in [-0.15, -0.1) is 0 Å². The number of methoxy groups -OCH3 is 2. The van der Waals surface area contributed by atoms with Crippen molar-refractivity contribution < 1.29 is 14.3 Å². The van der Waals surface area contributed by atoms with Crippen LogP contribution in [-0.4, -0.2) is 29.9 Å². The van der Waals surface area contributed by atoms with Crippen LogP contribution in [0.1, 0.15) is 32.9 Å². The van der Waals surface area contributed by atoms with Crippen molar-refractivity contribution in [3.63, 3.8) is 0 Å². The molecular formula is C22H25N3O3. The molecule has 146 valence electrons. The maximum absolute atomic E-state index is 12.8. The van der Waals surface area contributed by atoms with E-state index in [1.165, 1.54) is 11.1 Å². The van der Waals surface area contributed by atoms with Crippen molar-refractivity contribution in [2.45, 2.75) is 27.3 Å². The maximum atomic E-state index is 12.8. The van der Waals surface area contributed by atoms with E-state index in [4.69, 9.17) is 9.47 Å². The first kappa shape index (κ1) is 19.5. The van der Waals surface area contributed by atoms with Crippen LogP contribution in [0.4, 0.5) is 5.69 Å². The van der Waals surface area contributed by atoms with E-state index in [1.54, 1.807) is 32.4 Å². The van der Waals surface area contributed by atoms with Gasteiger partial charge in [0.05, 0.1) is 37.8 Å². The molecule has 0 bridgehead atoms. The number of ether oxygens (including phenoxy) is 2. The molecular weight excluding hydrogens is 354 g/mol. The molecule has 2 aromatic carbocycles. The number of carbonyl (C=O) groups is 1. The Morgan fingerprint density at radius 1 is 1.04 bits per heavy atom.